The fourth-order valence-corrected chi connectivity index (χ4v) is 1.26. The third-order valence-electron chi connectivity index (χ3n) is 1.16. The van der Waals surface area contributed by atoms with Gasteiger partial charge < -0.3 is 9.68 Å². The molecule has 2 aliphatic rings. The van der Waals surface area contributed by atoms with Gasteiger partial charge in [-0.3, -0.25) is 0 Å². The van der Waals surface area contributed by atoms with Crippen LogP contribution in [0.5, 0.6) is 0 Å². The lowest BCUT2D eigenvalue weighted by molar-refractivity contribution is -0.0943. The normalized spacial score (nSPS) is 16.7. The second kappa shape index (κ2) is 5.37. The van der Waals surface area contributed by atoms with Crippen LogP contribution in [0.4, 0.5) is 9.59 Å². The van der Waals surface area contributed by atoms with Gasteiger partial charge in [0, 0.05) is 5.64 Å². The monoisotopic (exact) mass is 281 g/mol. The Bertz CT molecular complexity index is 338. The Balaban J connectivity index is 1.65. The van der Waals surface area contributed by atoms with Gasteiger partial charge in [0.25, 0.3) is 0 Å². The van der Waals surface area contributed by atoms with E-state index >= 15 is 0 Å². The van der Waals surface area contributed by atoms with Crippen LogP contribution in [0.2, 0.25) is 0 Å². The van der Waals surface area contributed by atoms with Gasteiger partial charge >= 0.3 is 12.2 Å². The molecule has 0 fully saturated rings. The molecule has 0 unspecified atom stereocenters. The summed E-state index contributed by atoms with van der Waals surface area (Å²) in [7, 11) is 0. The fourth-order valence-electron chi connectivity index (χ4n) is 0.586. The van der Waals surface area contributed by atoms with Crippen molar-refractivity contribution in [3.63, 3.8) is 0 Å². The van der Waals surface area contributed by atoms with E-state index in [-0.39, 0.29) is 0 Å². The third-order valence-corrected chi connectivity index (χ3v) is 2.28. The van der Waals surface area contributed by atoms with E-state index in [1.54, 1.807) is 5.64 Å². The molecular formula is C2H3N9O4S2. The molecule has 0 aromatic heterocycles. The SMILES string of the molecule is O=C(ONOC(=O)N1N=NNS1)N1N=NNS1. The van der Waals surface area contributed by atoms with Crippen molar-refractivity contribution >= 4 is 36.5 Å². The second-order valence-corrected chi connectivity index (χ2v) is 3.53. The first-order valence-electron chi connectivity index (χ1n) is 3.69. The molecule has 15 heteroatoms. The standard InChI is InChI=1S/C2H3N9O4S2/c12-1(10-5-3-7-16-10)14-9-15-2(13)11-6-4-8-17-11/h9H,(H,5,7)(H,6,8). The van der Waals surface area contributed by atoms with Crippen LogP contribution < -0.4 is 15.3 Å². The maximum atomic E-state index is 11.1. The number of amides is 2. The molecule has 13 nitrogen and oxygen atoms in total. The van der Waals surface area contributed by atoms with Crippen LogP contribution in [0.3, 0.4) is 0 Å². The van der Waals surface area contributed by atoms with Crippen LogP contribution in [0.1, 0.15) is 0 Å². The summed E-state index contributed by atoms with van der Waals surface area (Å²) in [5, 5.41) is 13.2. The maximum Gasteiger partial charge on any atom is 0.465 e. The van der Waals surface area contributed by atoms with Gasteiger partial charge in [0.05, 0.1) is 0 Å². The summed E-state index contributed by atoms with van der Waals surface area (Å²) in [5.41, 5.74) is 1.67. The molecule has 2 rings (SSSR count). The zero-order chi connectivity index (χ0) is 12.1. The molecule has 0 bridgehead atoms. The number of hydrogen-bond donors (Lipinski definition) is 3. The molecule has 0 radical (unpaired) electrons. The summed E-state index contributed by atoms with van der Waals surface area (Å²) >= 11 is 1.54. The Morgan fingerprint density at radius 3 is 1.82 bits per heavy atom. The van der Waals surface area contributed by atoms with E-state index in [9.17, 15) is 9.59 Å². The second-order valence-electron chi connectivity index (χ2n) is 2.11. The number of carbonyl (C=O) groups is 2. The molecule has 0 spiro atoms. The maximum absolute atomic E-state index is 11.1. The van der Waals surface area contributed by atoms with Crippen molar-refractivity contribution in [2.45, 2.75) is 0 Å². The van der Waals surface area contributed by atoms with E-state index in [1.807, 2.05) is 0 Å². The van der Waals surface area contributed by atoms with Crippen LogP contribution in [0.25, 0.3) is 0 Å². The van der Waals surface area contributed by atoms with Crippen LogP contribution in [0.15, 0.2) is 20.9 Å². The quantitative estimate of drug-likeness (QED) is 0.476. The zero-order valence-corrected chi connectivity index (χ0v) is 9.27. The summed E-state index contributed by atoms with van der Waals surface area (Å²) in [6, 6.07) is 0. The van der Waals surface area contributed by atoms with Crippen molar-refractivity contribution in [3.8, 4) is 0 Å². The highest BCUT2D eigenvalue weighted by Crippen LogP contribution is 2.15. The van der Waals surface area contributed by atoms with Gasteiger partial charge in [0.15, 0.2) is 0 Å². The molecule has 0 aromatic carbocycles. The average molecular weight is 281 g/mol. The Hall–Kier alpha value is -2.00. The lowest BCUT2D eigenvalue weighted by atomic mass is 11.2. The van der Waals surface area contributed by atoms with Crippen molar-refractivity contribution in [1.82, 2.24) is 24.1 Å². The minimum atomic E-state index is -0.939. The molecule has 17 heavy (non-hydrogen) atoms. The van der Waals surface area contributed by atoms with Gasteiger partial charge in [-0.2, -0.15) is 0 Å². The van der Waals surface area contributed by atoms with Crippen LogP contribution in [0, 0.1) is 0 Å². The Morgan fingerprint density at radius 1 is 1.00 bits per heavy atom. The lowest BCUT2D eigenvalue weighted by Gasteiger charge is -2.09. The fraction of sp³-hybridized carbons (Fsp3) is 0. The molecular weight excluding hydrogens is 278 g/mol. The van der Waals surface area contributed by atoms with Crippen LogP contribution >= 0.6 is 24.3 Å². The first-order valence-corrected chi connectivity index (χ1v) is 5.24. The lowest BCUT2D eigenvalue weighted by Crippen LogP contribution is -2.31. The van der Waals surface area contributed by atoms with Gasteiger partial charge in [-0.1, -0.05) is 8.83 Å². The third kappa shape index (κ3) is 2.98. The number of nitrogens with zero attached hydrogens (tertiary/aromatic N) is 6. The molecule has 2 heterocycles. The average Bonchev–Trinajstić information content (AvgIpc) is 3.02. The number of rotatable bonds is 2. The van der Waals surface area contributed by atoms with E-state index in [1.165, 1.54) is 0 Å². The first-order chi connectivity index (χ1) is 8.27. The van der Waals surface area contributed by atoms with Crippen molar-refractivity contribution in [3.05, 3.63) is 0 Å². The highest BCUT2D eigenvalue weighted by Gasteiger charge is 2.23. The first kappa shape index (κ1) is 11.5. The summed E-state index contributed by atoms with van der Waals surface area (Å²) in [6.45, 7) is 0. The van der Waals surface area contributed by atoms with Gasteiger partial charge in [-0.25, -0.2) is 19.3 Å². The van der Waals surface area contributed by atoms with Gasteiger partial charge in [-0.15, -0.1) is 0 Å². The highest BCUT2D eigenvalue weighted by atomic mass is 32.2. The molecule has 92 valence electrons. The summed E-state index contributed by atoms with van der Waals surface area (Å²) in [6.07, 6.45) is -1.88. The topological polar surface area (TPSA) is 145 Å². The van der Waals surface area contributed by atoms with Crippen molar-refractivity contribution in [2.75, 3.05) is 0 Å². The molecule has 0 saturated carbocycles. The minimum Gasteiger partial charge on any atom is -0.315 e. The predicted octanol–water partition coefficient (Wildman–Crippen LogP) is 0.180. The highest BCUT2D eigenvalue weighted by molar-refractivity contribution is 7.95. The van der Waals surface area contributed by atoms with E-state index < -0.39 is 12.2 Å². The van der Waals surface area contributed by atoms with Crippen molar-refractivity contribution < 1.29 is 19.3 Å². The summed E-state index contributed by atoms with van der Waals surface area (Å²) < 4.78 is 1.54. The van der Waals surface area contributed by atoms with Gasteiger partial charge in [-0.05, 0) is 20.9 Å². The van der Waals surface area contributed by atoms with Crippen molar-refractivity contribution in [1.29, 1.82) is 0 Å². The van der Waals surface area contributed by atoms with Gasteiger partial charge in [0.2, 0.25) is 0 Å². The van der Waals surface area contributed by atoms with Crippen molar-refractivity contribution in [2.24, 2.45) is 20.9 Å². The largest absolute Gasteiger partial charge is 0.465 e. The van der Waals surface area contributed by atoms with E-state index in [2.05, 4.69) is 40.2 Å². The Kier molecular flexibility index (Phi) is 3.62. The zero-order valence-electron chi connectivity index (χ0n) is 7.63. The van der Waals surface area contributed by atoms with E-state index in [0.717, 1.165) is 33.1 Å². The Labute approximate surface area is 101 Å². The predicted molar refractivity (Wildman–Crippen MR) is 50.9 cm³/mol. The molecule has 0 atom stereocenters. The molecule has 2 aliphatic heterocycles. The minimum absolute atomic E-state index is 0.771. The molecule has 2 amide bonds. The summed E-state index contributed by atoms with van der Waals surface area (Å²) in [4.78, 5) is 35.5. The van der Waals surface area contributed by atoms with E-state index in [0.29, 0.717) is 0 Å². The number of hydrogen-bond acceptors (Lipinski definition) is 13. The number of nitrogens with one attached hydrogen (secondary N) is 3. The summed E-state index contributed by atoms with van der Waals surface area (Å²) in [5.74, 6) is 0. The molecule has 0 saturated heterocycles. The molecule has 3 N–H and O–H groups in total. The molecule has 0 aromatic rings. The van der Waals surface area contributed by atoms with Crippen LogP contribution in [-0.4, -0.2) is 21.0 Å². The molecule has 0 aliphatic carbocycles. The van der Waals surface area contributed by atoms with Gasteiger partial charge in [0.1, 0.15) is 24.3 Å². The van der Waals surface area contributed by atoms with E-state index in [4.69, 9.17) is 0 Å². The number of carbonyl (C=O) groups excluding carboxylic acids is 2. The Morgan fingerprint density at radius 2 is 1.47 bits per heavy atom. The van der Waals surface area contributed by atoms with Crippen LogP contribution in [-0.2, 0) is 9.68 Å². The smallest absolute Gasteiger partial charge is 0.315 e.